The maximum Gasteiger partial charge on any atom is 0.224 e. The van der Waals surface area contributed by atoms with E-state index in [4.69, 9.17) is 5.73 Å². The Morgan fingerprint density at radius 1 is 1.73 bits per heavy atom. The predicted molar refractivity (Wildman–Crippen MR) is 56.0 cm³/mol. The van der Waals surface area contributed by atoms with E-state index < -0.39 is 0 Å². The van der Waals surface area contributed by atoms with Crippen molar-refractivity contribution in [2.24, 2.45) is 5.73 Å². The van der Waals surface area contributed by atoms with E-state index in [2.05, 4.69) is 9.97 Å². The zero-order chi connectivity index (χ0) is 11.0. The number of imidazole rings is 1. The number of H-pyrrole nitrogens is 1. The molecule has 2 unspecified atom stereocenters. The van der Waals surface area contributed by atoms with E-state index in [0.717, 1.165) is 11.5 Å². The number of hydrogen-bond acceptors (Lipinski definition) is 3. The van der Waals surface area contributed by atoms with Gasteiger partial charge in [0.25, 0.3) is 0 Å². The largest absolute Gasteiger partial charge is 0.344 e. The van der Waals surface area contributed by atoms with E-state index in [1.807, 2.05) is 13.8 Å². The number of aryl methyl sites for hydroxylation is 1. The average molecular weight is 208 g/mol. The first-order chi connectivity index (χ1) is 7.13. The zero-order valence-electron chi connectivity index (χ0n) is 9.03. The molecule has 0 radical (unpaired) electrons. The number of likely N-dealkylation sites (tertiary alicyclic amines) is 1. The number of nitrogens with one attached hydrogen (secondary N) is 1. The molecule has 5 nitrogen and oxygen atoms in total. The minimum Gasteiger partial charge on any atom is -0.344 e. The minimum atomic E-state index is -0.150. The molecule has 1 aromatic heterocycles. The molecular formula is C10H16N4O. The number of amides is 1. The van der Waals surface area contributed by atoms with Gasteiger partial charge in [0.1, 0.15) is 11.9 Å². The summed E-state index contributed by atoms with van der Waals surface area (Å²) in [6.07, 6.45) is 2.18. The van der Waals surface area contributed by atoms with Crippen molar-refractivity contribution in [1.82, 2.24) is 14.9 Å². The Morgan fingerprint density at radius 3 is 3.00 bits per heavy atom. The number of carbonyl (C=O) groups is 1. The summed E-state index contributed by atoms with van der Waals surface area (Å²) in [5.41, 5.74) is 6.95. The number of rotatable bonds is 2. The smallest absolute Gasteiger partial charge is 0.224 e. The number of aromatic nitrogens is 2. The Hall–Kier alpha value is -1.36. The van der Waals surface area contributed by atoms with Crippen molar-refractivity contribution in [3.05, 3.63) is 17.7 Å². The van der Waals surface area contributed by atoms with Crippen LogP contribution in [-0.2, 0) is 4.79 Å². The monoisotopic (exact) mass is 208 g/mol. The first kappa shape index (κ1) is 10.2. The first-order valence-corrected chi connectivity index (χ1v) is 5.20. The molecule has 1 aliphatic rings. The highest BCUT2D eigenvalue weighted by Gasteiger charge is 2.39. The third-order valence-corrected chi connectivity index (χ3v) is 2.82. The Kier molecular flexibility index (Phi) is 2.48. The molecular weight excluding hydrogens is 192 g/mol. The molecule has 2 heterocycles. The fourth-order valence-electron chi connectivity index (χ4n) is 2.12. The Balaban J connectivity index is 2.30. The first-order valence-electron chi connectivity index (χ1n) is 5.20. The van der Waals surface area contributed by atoms with Gasteiger partial charge in [0.15, 0.2) is 0 Å². The average Bonchev–Trinajstić information content (AvgIpc) is 2.70. The minimum absolute atomic E-state index is 0.0869. The predicted octanol–water partition coefficient (Wildman–Crippen LogP) is 0.339. The number of aromatic amines is 1. The molecule has 1 aromatic rings. The summed E-state index contributed by atoms with van der Waals surface area (Å²) in [5, 5.41) is 0. The van der Waals surface area contributed by atoms with Crippen LogP contribution >= 0.6 is 0 Å². The molecule has 1 saturated heterocycles. The molecule has 3 N–H and O–H groups in total. The summed E-state index contributed by atoms with van der Waals surface area (Å²) in [6.45, 7) is 4.57. The molecule has 0 spiro atoms. The summed E-state index contributed by atoms with van der Waals surface area (Å²) in [6, 6.07) is -0.237. The van der Waals surface area contributed by atoms with Gasteiger partial charge in [-0.2, -0.15) is 0 Å². The summed E-state index contributed by atoms with van der Waals surface area (Å²) < 4.78 is 0. The second kappa shape index (κ2) is 3.66. The summed E-state index contributed by atoms with van der Waals surface area (Å²) >= 11 is 0. The van der Waals surface area contributed by atoms with Crippen LogP contribution in [0.4, 0.5) is 0 Å². The van der Waals surface area contributed by atoms with Crippen LogP contribution in [0.25, 0.3) is 0 Å². The van der Waals surface area contributed by atoms with E-state index in [9.17, 15) is 4.79 Å². The van der Waals surface area contributed by atoms with Crippen molar-refractivity contribution < 1.29 is 4.79 Å². The topological polar surface area (TPSA) is 75.0 Å². The van der Waals surface area contributed by atoms with Gasteiger partial charge in [-0.15, -0.1) is 0 Å². The van der Waals surface area contributed by atoms with Crippen LogP contribution in [0.2, 0.25) is 0 Å². The Labute approximate surface area is 88.7 Å². The molecule has 0 aliphatic carbocycles. The standard InChI is InChI=1S/C10H16N4O/c1-3-14-8(15)4-7(11)9(14)10-12-5-6(2)13-10/h5,7,9H,3-4,11H2,1-2H3,(H,12,13). The van der Waals surface area contributed by atoms with Crippen LogP contribution in [-0.4, -0.2) is 33.4 Å². The van der Waals surface area contributed by atoms with E-state index in [-0.39, 0.29) is 18.0 Å². The molecule has 1 fully saturated rings. The molecule has 0 saturated carbocycles. The third kappa shape index (κ3) is 1.63. The second-order valence-electron chi connectivity index (χ2n) is 3.94. The second-order valence-corrected chi connectivity index (χ2v) is 3.94. The Morgan fingerprint density at radius 2 is 2.47 bits per heavy atom. The number of hydrogen-bond donors (Lipinski definition) is 2. The molecule has 1 amide bonds. The van der Waals surface area contributed by atoms with Crippen LogP contribution in [0.15, 0.2) is 6.20 Å². The van der Waals surface area contributed by atoms with E-state index >= 15 is 0 Å². The number of likely N-dealkylation sites (N-methyl/N-ethyl adjacent to an activating group) is 1. The number of nitrogens with zero attached hydrogens (tertiary/aromatic N) is 2. The molecule has 5 heteroatoms. The van der Waals surface area contributed by atoms with Crippen LogP contribution in [0.5, 0.6) is 0 Å². The lowest BCUT2D eigenvalue weighted by Crippen LogP contribution is -2.33. The number of carbonyl (C=O) groups excluding carboxylic acids is 1. The molecule has 2 atom stereocenters. The Bertz CT molecular complexity index is 373. The fraction of sp³-hybridized carbons (Fsp3) is 0.600. The van der Waals surface area contributed by atoms with Gasteiger partial charge in [0, 0.05) is 30.9 Å². The van der Waals surface area contributed by atoms with Gasteiger partial charge in [-0.3, -0.25) is 4.79 Å². The molecule has 0 aromatic carbocycles. The lowest BCUT2D eigenvalue weighted by atomic mass is 10.1. The van der Waals surface area contributed by atoms with Crippen molar-refractivity contribution in [3.63, 3.8) is 0 Å². The van der Waals surface area contributed by atoms with E-state index in [1.165, 1.54) is 0 Å². The van der Waals surface area contributed by atoms with Crippen molar-refractivity contribution in [1.29, 1.82) is 0 Å². The van der Waals surface area contributed by atoms with Gasteiger partial charge in [-0.25, -0.2) is 4.98 Å². The van der Waals surface area contributed by atoms with Crippen molar-refractivity contribution in [2.45, 2.75) is 32.4 Å². The maximum absolute atomic E-state index is 11.6. The number of nitrogens with two attached hydrogens (primary N) is 1. The normalized spacial score (nSPS) is 26.3. The molecule has 2 rings (SSSR count). The molecule has 0 bridgehead atoms. The highest BCUT2D eigenvalue weighted by atomic mass is 16.2. The summed E-state index contributed by atoms with van der Waals surface area (Å²) in [4.78, 5) is 20.8. The fourth-order valence-corrected chi connectivity index (χ4v) is 2.12. The van der Waals surface area contributed by atoms with Gasteiger partial charge < -0.3 is 15.6 Å². The van der Waals surface area contributed by atoms with Gasteiger partial charge in [0.2, 0.25) is 5.91 Å². The lowest BCUT2D eigenvalue weighted by Gasteiger charge is -2.23. The molecule has 1 aliphatic heterocycles. The molecule has 15 heavy (non-hydrogen) atoms. The van der Waals surface area contributed by atoms with Gasteiger partial charge >= 0.3 is 0 Å². The van der Waals surface area contributed by atoms with Crippen molar-refractivity contribution >= 4 is 5.91 Å². The third-order valence-electron chi connectivity index (χ3n) is 2.82. The van der Waals surface area contributed by atoms with Crippen molar-refractivity contribution in [3.8, 4) is 0 Å². The zero-order valence-corrected chi connectivity index (χ0v) is 9.03. The SMILES string of the molecule is CCN1C(=O)CC(N)C1c1ncc(C)[nH]1. The highest BCUT2D eigenvalue weighted by Crippen LogP contribution is 2.29. The van der Waals surface area contributed by atoms with Crippen molar-refractivity contribution in [2.75, 3.05) is 6.54 Å². The van der Waals surface area contributed by atoms with E-state index in [1.54, 1.807) is 11.1 Å². The summed E-state index contributed by atoms with van der Waals surface area (Å²) in [5.74, 6) is 0.914. The highest BCUT2D eigenvalue weighted by molar-refractivity contribution is 5.80. The lowest BCUT2D eigenvalue weighted by molar-refractivity contribution is -0.128. The van der Waals surface area contributed by atoms with Crippen LogP contribution < -0.4 is 5.73 Å². The molecule has 82 valence electrons. The quantitative estimate of drug-likeness (QED) is 0.736. The maximum atomic E-state index is 11.6. The van der Waals surface area contributed by atoms with Crippen LogP contribution in [0.3, 0.4) is 0 Å². The van der Waals surface area contributed by atoms with Crippen LogP contribution in [0.1, 0.15) is 30.9 Å². The van der Waals surface area contributed by atoms with Gasteiger partial charge in [0.05, 0.1) is 0 Å². The van der Waals surface area contributed by atoms with E-state index in [0.29, 0.717) is 13.0 Å². The van der Waals surface area contributed by atoms with Crippen LogP contribution in [0, 0.1) is 6.92 Å². The van der Waals surface area contributed by atoms with Gasteiger partial charge in [-0.05, 0) is 13.8 Å². The summed E-state index contributed by atoms with van der Waals surface area (Å²) in [7, 11) is 0. The van der Waals surface area contributed by atoms with Gasteiger partial charge in [-0.1, -0.05) is 0 Å².